The summed E-state index contributed by atoms with van der Waals surface area (Å²) in [6, 6.07) is 6.32. The molecule has 0 aliphatic carbocycles. The van der Waals surface area contributed by atoms with Crippen molar-refractivity contribution >= 4 is 23.4 Å². The fourth-order valence-electron chi connectivity index (χ4n) is 2.24. The smallest absolute Gasteiger partial charge is 0.253 e. The summed E-state index contributed by atoms with van der Waals surface area (Å²) in [5.74, 6) is -0.501. The molecule has 0 aliphatic heterocycles. The van der Waals surface area contributed by atoms with E-state index in [1.165, 1.54) is 0 Å². The minimum absolute atomic E-state index is 0.0136. The SMILES string of the molecule is CCCC(C)NC(=O)C(NC(=O)c1ccccc1Cl)C(C)C. The van der Waals surface area contributed by atoms with E-state index in [9.17, 15) is 9.59 Å². The largest absolute Gasteiger partial charge is 0.352 e. The third-order valence-electron chi connectivity index (χ3n) is 3.46. The van der Waals surface area contributed by atoms with E-state index >= 15 is 0 Å². The lowest BCUT2D eigenvalue weighted by Crippen LogP contribution is -2.51. The van der Waals surface area contributed by atoms with Crippen LogP contribution in [0, 0.1) is 5.92 Å². The maximum absolute atomic E-state index is 12.4. The highest BCUT2D eigenvalue weighted by Crippen LogP contribution is 2.15. The Kier molecular flexibility index (Phi) is 7.39. The molecule has 0 saturated carbocycles. The van der Waals surface area contributed by atoms with Gasteiger partial charge < -0.3 is 10.6 Å². The van der Waals surface area contributed by atoms with Gasteiger partial charge in [-0.25, -0.2) is 0 Å². The molecule has 4 nitrogen and oxygen atoms in total. The van der Waals surface area contributed by atoms with Gasteiger partial charge in [0.15, 0.2) is 0 Å². The second-order valence-corrected chi connectivity index (χ2v) is 6.28. The van der Waals surface area contributed by atoms with Crippen LogP contribution in [0.1, 0.15) is 50.9 Å². The zero-order valence-electron chi connectivity index (χ0n) is 13.7. The fraction of sp³-hybridized carbons (Fsp3) is 0.529. The van der Waals surface area contributed by atoms with E-state index in [0.717, 1.165) is 12.8 Å². The minimum atomic E-state index is -0.580. The normalized spacial score (nSPS) is 13.5. The number of hydrogen-bond acceptors (Lipinski definition) is 2. The van der Waals surface area contributed by atoms with Crippen LogP contribution < -0.4 is 10.6 Å². The van der Waals surface area contributed by atoms with Gasteiger partial charge in [0.1, 0.15) is 6.04 Å². The van der Waals surface area contributed by atoms with E-state index in [0.29, 0.717) is 10.6 Å². The van der Waals surface area contributed by atoms with Gasteiger partial charge in [-0.2, -0.15) is 0 Å². The van der Waals surface area contributed by atoms with Gasteiger partial charge in [0.2, 0.25) is 5.91 Å². The van der Waals surface area contributed by atoms with E-state index in [1.807, 2.05) is 20.8 Å². The zero-order valence-corrected chi connectivity index (χ0v) is 14.4. The molecule has 2 N–H and O–H groups in total. The molecule has 0 heterocycles. The van der Waals surface area contributed by atoms with Crippen LogP contribution in [0.4, 0.5) is 0 Å². The van der Waals surface area contributed by atoms with Crippen molar-refractivity contribution in [3.63, 3.8) is 0 Å². The number of hydrogen-bond donors (Lipinski definition) is 2. The Morgan fingerprint density at radius 1 is 1.14 bits per heavy atom. The molecule has 5 heteroatoms. The number of benzene rings is 1. The molecule has 22 heavy (non-hydrogen) atoms. The van der Waals surface area contributed by atoms with Gasteiger partial charge in [-0.15, -0.1) is 0 Å². The first kappa shape index (κ1) is 18.5. The van der Waals surface area contributed by atoms with E-state index in [-0.39, 0.29) is 23.8 Å². The molecule has 1 rings (SSSR count). The van der Waals surface area contributed by atoms with Crippen LogP contribution in [0.5, 0.6) is 0 Å². The van der Waals surface area contributed by atoms with E-state index in [2.05, 4.69) is 17.6 Å². The highest BCUT2D eigenvalue weighted by molar-refractivity contribution is 6.33. The van der Waals surface area contributed by atoms with E-state index in [4.69, 9.17) is 11.6 Å². The Balaban J connectivity index is 2.78. The monoisotopic (exact) mass is 324 g/mol. The summed E-state index contributed by atoms with van der Waals surface area (Å²) in [6.07, 6.45) is 1.91. The molecule has 122 valence electrons. The first-order chi connectivity index (χ1) is 10.4. The lowest BCUT2D eigenvalue weighted by Gasteiger charge is -2.24. The molecular weight excluding hydrogens is 300 g/mol. The number of carbonyl (C=O) groups is 2. The maximum atomic E-state index is 12.4. The predicted octanol–water partition coefficient (Wildman–Crippen LogP) is 3.40. The Morgan fingerprint density at radius 2 is 1.77 bits per heavy atom. The summed E-state index contributed by atoms with van der Waals surface area (Å²) >= 11 is 6.03. The molecular formula is C17H25ClN2O2. The van der Waals surface area contributed by atoms with Crippen molar-refractivity contribution in [1.29, 1.82) is 0 Å². The van der Waals surface area contributed by atoms with Gasteiger partial charge >= 0.3 is 0 Å². The minimum Gasteiger partial charge on any atom is -0.352 e. The van der Waals surface area contributed by atoms with Crippen molar-refractivity contribution in [1.82, 2.24) is 10.6 Å². The van der Waals surface area contributed by atoms with Crippen LogP contribution in [-0.4, -0.2) is 23.9 Å². The van der Waals surface area contributed by atoms with Gasteiger partial charge in [-0.3, -0.25) is 9.59 Å². The van der Waals surface area contributed by atoms with Crippen LogP contribution >= 0.6 is 11.6 Å². The number of carbonyl (C=O) groups excluding carboxylic acids is 2. The quantitative estimate of drug-likeness (QED) is 0.807. The Hall–Kier alpha value is -1.55. The summed E-state index contributed by atoms with van der Waals surface area (Å²) in [5, 5.41) is 6.11. The van der Waals surface area contributed by atoms with Gasteiger partial charge in [0.25, 0.3) is 5.91 Å². The molecule has 0 radical (unpaired) electrons. The molecule has 1 aromatic rings. The molecule has 1 aromatic carbocycles. The second-order valence-electron chi connectivity index (χ2n) is 5.87. The highest BCUT2D eigenvalue weighted by Gasteiger charge is 2.26. The van der Waals surface area contributed by atoms with E-state index < -0.39 is 6.04 Å². The summed E-state index contributed by atoms with van der Waals surface area (Å²) in [6.45, 7) is 7.85. The number of amides is 2. The average Bonchev–Trinajstić information content (AvgIpc) is 2.44. The Morgan fingerprint density at radius 3 is 2.32 bits per heavy atom. The maximum Gasteiger partial charge on any atom is 0.253 e. The first-order valence-electron chi connectivity index (χ1n) is 7.72. The van der Waals surface area contributed by atoms with Crippen LogP contribution in [0.2, 0.25) is 5.02 Å². The van der Waals surface area contributed by atoms with Crippen LogP contribution in [-0.2, 0) is 4.79 Å². The molecule has 0 aliphatic rings. The van der Waals surface area contributed by atoms with Crippen molar-refractivity contribution in [3.8, 4) is 0 Å². The van der Waals surface area contributed by atoms with Crippen LogP contribution in [0.15, 0.2) is 24.3 Å². The average molecular weight is 325 g/mol. The lowest BCUT2D eigenvalue weighted by atomic mass is 10.0. The van der Waals surface area contributed by atoms with E-state index in [1.54, 1.807) is 24.3 Å². The van der Waals surface area contributed by atoms with Gasteiger partial charge in [0.05, 0.1) is 10.6 Å². The van der Waals surface area contributed by atoms with Crippen molar-refractivity contribution in [2.75, 3.05) is 0 Å². The highest BCUT2D eigenvalue weighted by atomic mass is 35.5. The van der Waals surface area contributed by atoms with Crippen molar-refractivity contribution < 1.29 is 9.59 Å². The molecule has 0 bridgehead atoms. The van der Waals surface area contributed by atoms with Crippen molar-refractivity contribution in [2.45, 2.75) is 52.6 Å². The number of nitrogens with one attached hydrogen (secondary N) is 2. The van der Waals surface area contributed by atoms with Crippen molar-refractivity contribution in [2.24, 2.45) is 5.92 Å². The van der Waals surface area contributed by atoms with Gasteiger partial charge in [0, 0.05) is 6.04 Å². The molecule has 2 atom stereocenters. The van der Waals surface area contributed by atoms with Gasteiger partial charge in [-0.05, 0) is 31.4 Å². The Labute approximate surface area is 137 Å². The first-order valence-corrected chi connectivity index (χ1v) is 8.10. The number of rotatable bonds is 7. The molecule has 2 amide bonds. The predicted molar refractivity (Wildman–Crippen MR) is 90.1 cm³/mol. The topological polar surface area (TPSA) is 58.2 Å². The molecule has 0 aromatic heterocycles. The summed E-state index contributed by atoms with van der Waals surface area (Å²) in [7, 11) is 0. The van der Waals surface area contributed by atoms with Crippen LogP contribution in [0.25, 0.3) is 0 Å². The fourth-order valence-corrected chi connectivity index (χ4v) is 2.46. The zero-order chi connectivity index (χ0) is 16.7. The third kappa shape index (κ3) is 5.34. The lowest BCUT2D eigenvalue weighted by molar-refractivity contribution is -0.124. The Bertz CT molecular complexity index is 517. The molecule has 2 unspecified atom stereocenters. The summed E-state index contributed by atoms with van der Waals surface area (Å²) < 4.78 is 0. The third-order valence-corrected chi connectivity index (χ3v) is 3.79. The molecule has 0 fully saturated rings. The molecule has 0 saturated heterocycles. The van der Waals surface area contributed by atoms with Crippen molar-refractivity contribution in [3.05, 3.63) is 34.9 Å². The summed E-state index contributed by atoms with van der Waals surface area (Å²) in [4.78, 5) is 24.7. The van der Waals surface area contributed by atoms with Crippen LogP contribution in [0.3, 0.4) is 0 Å². The number of halogens is 1. The second kappa shape index (κ2) is 8.79. The summed E-state index contributed by atoms with van der Waals surface area (Å²) in [5.41, 5.74) is 0.379. The molecule has 0 spiro atoms. The standard InChI is InChI=1S/C17H25ClN2O2/c1-5-8-12(4)19-17(22)15(11(2)3)20-16(21)13-9-6-7-10-14(13)18/h6-7,9-12,15H,5,8H2,1-4H3,(H,19,22)(H,20,21). The van der Waals surface area contributed by atoms with Gasteiger partial charge in [-0.1, -0.05) is 50.9 Å².